The number of carbonyl (C=O) groups is 1. The summed E-state index contributed by atoms with van der Waals surface area (Å²) in [4.78, 5) is 14.5. The second-order valence-electron chi connectivity index (χ2n) is 6.17. The lowest BCUT2D eigenvalue weighted by Crippen LogP contribution is -2.52. The first-order valence-corrected chi connectivity index (χ1v) is 7.65. The van der Waals surface area contributed by atoms with Crippen molar-refractivity contribution in [1.29, 1.82) is 0 Å². The molecule has 4 heteroatoms. The molecule has 0 bridgehead atoms. The summed E-state index contributed by atoms with van der Waals surface area (Å²) in [7, 11) is 0. The number of hydrogen-bond acceptors (Lipinski definition) is 3. The molecule has 0 aromatic heterocycles. The summed E-state index contributed by atoms with van der Waals surface area (Å²) >= 11 is 0. The van der Waals surface area contributed by atoms with Crippen molar-refractivity contribution in [2.24, 2.45) is 0 Å². The van der Waals surface area contributed by atoms with Crippen LogP contribution in [0.4, 0.5) is 5.69 Å². The van der Waals surface area contributed by atoms with Crippen LogP contribution in [0.25, 0.3) is 0 Å². The van der Waals surface area contributed by atoms with Crippen molar-refractivity contribution in [1.82, 2.24) is 4.90 Å². The molecule has 1 N–H and O–H groups in total. The van der Waals surface area contributed by atoms with Crippen molar-refractivity contribution < 1.29 is 9.53 Å². The van der Waals surface area contributed by atoms with Gasteiger partial charge in [0.1, 0.15) is 6.04 Å². The monoisotopic (exact) mass is 290 g/mol. The molecule has 0 aliphatic carbocycles. The lowest BCUT2D eigenvalue weighted by molar-refractivity contribution is -0.143. The van der Waals surface area contributed by atoms with Crippen LogP contribution in [0.5, 0.6) is 0 Å². The minimum atomic E-state index is -0.232. The van der Waals surface area contributed by atoms with E-state index in [1.165, 1.54) is 11.1 Å². The molecule has 2 rings (SSSR count). The van der Waals surface area contributed by atoms with Crippen molar-refractivity contribution >= 4 is 11.6 Å². The standard InChI is InChI=1S/C17H26N2O2/c1-11-6-7-16(8-12(11)2)18-15(5)17(20)19-9-13(3)21-14(4)10-19/h6-8,13-15,18H,9-10H2,1-5H3/t13-,14-,15+/m0/s1. The predicted molar refractivity (Wildman–Crippen MR) is 85.6 cm³/mol. The fourth-order valence-electron chi connectivity index (χ4n) is 2.77. The van der Waals surface area contributed by atoms with Gasteiger partial charge >= 0.3 is 0 Å². The summed E-state index contributed by atoms with van der Waals surface area (Å²) < 4.78 is 5.68. The van der Waals surface area contributed by atoms with Crippen molar-refractivity contribution in [2.45, 2.75) is 52.9 Å². The van der Waals surface area contributed by atoms with Gasteiger partial charge in [0.15, 0.2) is 0 Å². The van der Waals surface area contributed by atoms with Crippen LogP contribution in [0.1, 0.15) is 31.9 Å². The molecule has 1 aromatic carbocycles. The fourth-order valence-corrected chi connectivity index (χ4v) is 2.77. The number of carbonyl (C=O) groups excluding carboxylic acids is 1. The Bertz CT molecular complexity index is 506. The van der Waals surface area contributed by atoms with Gasteiger partial charge in [0.25, 0.3) is 0 Å². The Morgan fingerprint density at radius 3 is 2.43 bits per heavy atom. The molecule has 1 aliphatic heterocycles. The first-order chi connectivity index (χ1) is 9.86. The number of nitrogens with one attached hydrogen (secondary N) is 1. The summed E-state index contributed by atoms with van der Waals surface area (Å²) in [5.74, 6) is 0.134. The molecule has 1 aromatic rings. The van der Waals surface area contributed by atoms with Crippen LogP contribution in [0, 0.1) is 13.8 Å². The highest BCUT2D eigenvalue weighted by Gasteiger charge is 2.28. The number of anilines is 1. The Labute approximate surface area is 127 Å². The molecule has 0 unspecified atom stereocenters. The Balaban J connectivity index is 2.00. The number of nitrogens with zero attached hydrogens (tertiary/aromatic N) is 1. The van der Waals surface area contributed by atoms with Gasteiger partial charge in [0, 0.05) is 18.8 Å². The quantitative estimate of drug-likeness (QED) is 0.930. The topological polar surface area (TPSA) is 41.6 Å². The maximum atomic E-state index is 12.6. The molecule has 116 valence electrons. The largest absolute Gasteiger partial charge is 0.374 e. The number of ether oxygens (including phenoxy) is 1. The van der Waals surface area contributed by atoms with Crippen molar-refractivity contribution in [2.75, 3.05) is 18.4 Å². The number of benzene rings is 1. The van der Waals surface area contributed by atoms with Crippen molar-refractivity contribution in [3.05, 3.63) is 29.3 Å². The van der Waals surface area contributed by atoms with Crippen molar-refractivity contribution in [3.63, 3.8) is 0 Å². The number of aryl methyl sites for hydroxylation is 2. The molecular weight excluding hydrogens is 264 g/mol. The number of hydrogen-bond donors (Lipinski definition) is 1. The summed E-state index contributed by atoms with van der Waals surface area (Å²) in [6.45, 7) is 11.4. The highest BCUT2D eigenvalue weighted by Crippen LogP contribution is 2.17. The third-order valence-electron chi connectivity index (χ3n) is 3.99. The van der Waals surface area contributed by atoms with Crippen LogP contribution in [0.3, 0.4) is 0 Å². The second-order valence-corrected chi connectivity index (χ2v) is 6.17. The summed E-state index contributed by atoms with van der Waals surface area (Å²) in [5.41, 5.74) is 3.48. The lowest BCUT2D eigenvalue weighted by Gasteiger charge is -2.36. The molecular formula is C17H26N2O2. The average Bonchev–Trinajstić information content (AvgIpc) is 2.41. The van der Waals surface area contributed by atoms with E-state index in [1.807, 2.05) is 31.7 Å². The van der Waals surface area contributed by atoms with Gasteiger partial charge in [-0.05, 0) is 57.9 Å². The zero-order valence-corrected chi connectivity index (χ0v) is 13.6. The molecule has 0 spiro atoms. The fraction of sp³-hybridized carbons (Fsp3) is 0.588. The molecule has 21 heavy (non-hydrogen) atoms. The zero-order chi connectivity index (χ0) is 15.6. The highest BCUT2D eigenvalue weighted by atomic mass is 16.5. The summed E-state index contributed by atoms with van der Waals surface area (Å²) in [6.07, 6.45) is 0.207. The van der Waals surface area contributed by atoms with Gasteiger partial charge in [0.2, 0.25) is 5.91 Å². The molecule has 4 nitrogen and oxygen atoms in total. The highest BCUT2D eigenvalue weighted by molar-refractivity contribution is 5.84. The third-order valence-corrected chi connectivity index (χ3v) is 3.99. The Kier molecular flexibility index (Phi) is 4.88. The summed E-state index contributed by atoms with van der Waals surface area (Å²) in [6, 6.07) is 5.96. The van der Waals surface area contributed by atoms with Gasteiger partial charge in [-0.2, -0.15) is 0 Å². The molecule has 1 heterocycles. The third kappa shape index (κ3) is 3.97. The van der Waals surface area contributed by atoms with Gasteiger partial charge < -0.3 is 15.0 Å². The van der Waals surface area contributed by atoms with Crippen LogP contribution in [-0.4, -0.2) is 42.1 Å². The predicted octanol–water partition coefficient (Wildman–Crippen LogP) is 2.74. The minimum Gasteiger partial charge on any atom is -0.374 e. The number of amides is 1. The van der Waals surface area contributed by atoms with Gasteiger partial charge in [-0.15, -0.1) is 0 Å². The molecule has 0 saturated carbocycles. The van der Waals surface area contributed by atoms with Crippen LogP contribution in [0.15, 0.2) is 18.2 Å². The van der Waals surface area contributed by atoms with Crippen LogP contribution < -0.4 is 5.32 Å². The first-order valence-electron chi connectivity index (χ1n) is 7.65. The lowest BCUT2D eigenvalue weighted by atomic mass is 10.1. The van der Waals surface area contributed by atoms with Gasteiger partial charge in [0.05, 0.1) is 12.2 Å². The molecule has 1 aliphatic rings. The molecule has 1 amide bonds. The Morgan fingerprint density at radius 2 is 1.86 bits per heavy atom. The maximum absolute atomic E-state index is 12.6. The van der Waals surface area contributed by atoms with E-state index in [0.29, 0.717) is 13.1 Å². The van der Waals surface area contributed by atoms with E-state index < -0.39 is 0 Å². The smallest absolute Gasteiger partial charge is 0.244 e. The van der Waals surface area contributed by atoms with E-state index in [4.69, 9.17) is 4.74 Å². The average molecular weight is 290 g/mol. The van der Waals surface area contributed by atoms with Gasteiger partial charge in [-0.1, -0.05) is 6.07 Å². The van der Waals surface area contributed by atoms with Crippen molar-refractivity contribution in [3.8, 4) is 0 Å². The van der Waals surface area contributed by atoms with E-state index in [1.54, 1.807) is 0 Å². The molecule has 1 saturated heterocycles. The number of rotatable bonds is 3. The van der Waals surface area contributed by atoms with Gasteiger partial charge in [-0.3, -0.25) is 4.79 Å². The van der Waals surface area contributed by atoms with Gasteiger partial charge in [-0.25, -0.2) is 0 Å². The molecule has 3 atom stereocenters. The Hall–Kier alpha value is -1.55. The van der Waals surface area contributed by atoms with E-state index in [9.17, 15) is 4.79 Å². The van der Waals surface area contributed by atoms with Crippen LogP contribution >= 0.6 is 0 Å². The minimum absolute atomic E-state index is 0.103. The van der Waals surface area contributed by atoms with E-state index in [2.05, 4.69) is 31.3 Å². The zero-order valence-electron chi connectivity index (χ0n) is 13.6. The number of morpholine rings is 1. The van der Waals surface area contributed by atoms with Crippen LogP contribution in [0.2, 0.25) is 0 Å². The maximum Gasteiger partial charge on any atom is 0.244 e. The molecule has 0 radical (unpaired) electrons. The molecule has 1 fully saturated rings. The van der Waals surface area contributed by atoms with Crippen LogP contribution in [-0.2, 0) is 9.53 Å². The summed E-state index contributed by atoms with van der Waals surface area (Å²) in [5, 5.41) is 3.30. The van der Waals surface area contributed by atoms with E-state index in [0.717, 1.165) is 5.69 Å². The first kappa shape index (κ1) is 15.8. The second kappa shape index (κ2) is 6.48. The van der Waals surface area contributed by atoms with E-state index >= 15 is 0 Å². The SMILES string of the molecule is Cc1ccc(N[C@H](C)C(=O)N2C[C@H](C)O[C@@H](C)C2)cc1C. The normalized spacial score (nSPS) is 23.8. The Morgan fingerprint density at radius 1 is 1.24 bits per heavy atom. The van der Waals surface area contributed by atoms with E-state index in [-0.39, 0.29) is 24.2 Å².